The van der Waals surface area contributed by atoms with Gasteiger partial charge in [-0.3, -0.25) is 0 Å². The van der Waals surface area contributed by atoms with Gasteiger partial charge in [0.2, 0.25) is 0 Å². The number of aliphatic hydroxyl groups excluding tert-OH is 1. The van der Waals surface area contributed by atoms with E-state index in [1.807, 2.05) is 0 Å². The lowest BCUT2D eigenvalue weighted by Gasteiger charge is -2.33. The van der Waals surface area contributed by atoms with Gasteiger partial charge in [-0.25, -0.2) is 13.6 Å². The van der Waals surface area contributed by atoms with Crippen LogP contribution in [0.25, 0.3) is 0 Å². The van der Waals surface area contributed by atoms with Gasteiger partial charge in [0.1, 0.15) is 6.61 Å². The van der Waals surface area contributed by atoms with E-state index in [1.165, 1.54) is 0 Å². The minimum atomic E-state index is -3.27. The second kappa shape index (κ2) is 8.03. The van der Waals surface area contributed by atoms with Crippen molar-refractivity contribution in [2.24, 2.45) is 5.92 Å². The van der Waals surface area contributed by atoms with Crippen molar-refractivity contribution in [3.8, 4) is 0 Å². The van der Waals surface area contributed by atoms with Crippen molar-refractivity contribution < 1.29 is 23.4 Å². The molecule has 0 aliphatic carbocycles. The van der Waals surface area contributed by atoms with E-state index in [2.05, 4.69) is 15.5 Å². The molecule has 0 aromatic carbocycles. The Labute approximate surface area is 129 Å². The Kier molecular flexibility index (Phi) is 6.34. The second-order valence-electron chi connectivity index (χ2n) is 6.15. The molecule has 22 heavy (non-hydrogen) atoms. The summed E-state index contributed by atoms with van der Waals surface area (Å²) in [5.41, 5.74) is 0. The second-order valence-corrected chi connectivity index (χ2v) is 6.15. The number of amides is 2. The summed E-state index contributed by atoms with van der Waals surface area (Å²) < 4.78 is 31.0. The Bertz CT molecular complexity index is 357. The minimum Gasteiger partial charge on any atom is -0.390 e. The normalized spacial score (nSPS) is 24.4. The number of rotatable bonds is 6. The number of piperidine rings is 1. The van der Waals surface area contributed by atoms with E-state index in [0.29, 0.717) is 5.92 Å². The van der Waals surface area contributed by atoms with E-state index < -0.39 is 25.1 Å². The zero-order chi connectivity index (χ0) is 16.0. The maximum Gasteiger partial charge on any atom is 0.315 e. The molecule has 8 heteroatoms. The molecule has 2 aliphatic rings. The molecular weight excluding hydrogens is 296 g/mol. The maximum atomic E-state index is 12.8. The molecule has 6 nitrogen and oxygen atoms in total. The molecule has 0 spiro atoms. The Morgan fingerprint density at radius 3 is 2.64 bits per heavy atom. The molecule has 128 valence electrons. The van der Waals surface area contributed by atoms with Crippen molar-refractivity contribution in [3.63, 3.8) is 0 Å². The molecular formula is C14H25F2N3O3. The van der Waals surface area contributed by atoms with E-state index in [-0.39, 0.29) is 6.04 Å². The Morgan fingerprint density at radius 2 is 2.05 bits per heavy atom. The number of alkyl halides is 2. The van der Waals surface area contributed by atoms with Crippen LogP contribution >= 0.6 is 0 Å². The number of hydrogen-bond donors (Lipinski definition) is 3. The van der Waals surface area contributed by atoms with Crippen molar-refractivity contribution in [1.29, 1.82) is 0 Å². The topological polar surface area (TPSA) is 73.8 Å². The van der Waals surface area contributed by atoms with Gasteiger partial charge in [-0.05, 0) is 25.2 Å². The summed E-state index contributed by atoms with van der Waals surface area (Å²) in [7, 11) is 0. The van der Waals surface area contributed by atoms with Crippen LogP contribution in [0.4, 0.5) is 13.6 Å². The van der Waals surface area contributed by atoms with Crippen LogP contribution in [0.15, 0.2) is 0 Å². The van der Waals surface area contributed by atoms with Crippen LogP contribution in [0.3, 0.4) is 0 Å². The highest BCUT2D eigenvalue weighted by Crippen LogP contribution is 2.17. The number of aliphatic hydroxyl groups is 1. The Balaban J connectivity index is 1.61. The van der Waals surface area contributed by atoms with Gasteiger partial charge < -0.3 is 25.4 Å². The maximum absolute atomic E-state index is 12.8. The molecule has 0 saturated carbocycles. The molecule has 0 aromatic heterocycles. The molecule has 0 aromatic rings. The minimum absolute atomic E-state index is 0.0128. The zero-order valence-corrected chi connectivity index (χ0v) is 12.7. The predicted octanol–water partition coefficient (Wildman–Crippen LogP) is 0.414. The third kappa shape index (κ3) is 5.66. The first-order chi connectivity index (χ1) is 10.5. The molecule has 2 fully saturated rings. The highest BCUT2D eigenvalue weighted by Gasteiger charge is 2.29. The van der Waals surface area contributed by atoms with E-state index in [0.717, 1.165) is 52.1 Å². The largest absolute Gasteiger partial charge is 0.390 e. The predicted molar refractivity (Wildman–Crippen MR) is 77.0 cm³/mol. The van der Waals surface area contributed by atoms with Gasteiger partial charge in [0, 0.05) is 32.3 Å². The first-order valence-electron chi connectivity index (χ1n) is 7.81. The molecule has 3 N–H and O–H groups in total. The summed E-state index contributed by atoms with van der Waals surface area (Å²) >= 11 is 0. The van der Waals surface area contributed by atoms with Crippen LogP contribution in [-0.4, -0.2) is 74.0 Å². The van der Waals surface area contributed by atoms with Crippen LogP contribution in [0.5, 0.6) is 0 Å². The monoisotopic (exact) mass is 321 g/mol. The quantitative estimate of drug-likeness (QED) is 0.663. The number of urea groups is 1. The van der Waals surface area contributed by atoms with Crippen LogP contribution in [0.1, 0.15) is 19.3 Å². The van der Waals surface area contributed by atoms with Crippen molar-refractivity contribution in [3.05, 3.63) is 0 Å². The van der Waals surface area contributed by atoms with Crippen molar-refractivity contribution >= 4 is 6.03 Å². The average Bonchev–Trinajstić information content (AvgIpc) is 3.00. The Hall–Kier alpha value is -0.990. The zero-order valence-electron chi connectivity index (χ0n) is 12.7. The number of nitrogens with zero attached hydrogens (tertiary/aromatic N) is 1. The first-order valence-corrected chi connectivity index (χ1v) is 7.81. The SMILES string of the molecule is O=C(NCC(F)(F)CO)NC1CCN(CC2CCOC2)CC1. The summed E-state index contributed by atoms with van der Waals surface area (Å²) in [4.78, 5) is 13.9. The lowest BCUT2D eigenvalue weighted by atomic mass is 10.0. The fourth-order valence-electron chi connectivity index (χ4n) is 2.85. The average molecular weight is 321 g/mol. The van der Waals surface area contributed by atoms with Gasteiger partial charge in [-0.15, -0.1) is 0 Å². The van der Waals surface area contributed by atoms with Gasteiger partial charge in [0.05, 0.1) is 13.2 Å². The van der Waals surface area contributed by atoms with Gasteiger partial charge in [-0.2, -0.15) is 0 Å². The van der Waals surface area contributed by atoms with Crippen molar-refractivity contribution in [2.75, 3.05) is 46.0 Å². The number of likely N-dealkylation sites (tertiary alicyclic amines) is 1. The highest BCUT2D eigenvalue weighted by molar-refractivity contribution is 5.74. The van der Waals surface area contributed by atoms with Crippen LogP contribution < -0.4 is 10.6 Å². The van der Waals surface area contributed by atoms with Gasteiger partial charge in [-0.1, -0.05) is 0 Å². The molecule has 2 saturated heterocycles. The summed E-state index contributed by atoms with van der Waals surface area (Å²) in [5, 5.41) is 13.3. The van der Waals surface area contributed by atoms with Crippen molar-refractivity contribution in [1.82, 2.24) is 15.5 Å². The molecule has 2 rings (SSSR count). The molecule has 2 aliphatic heterocycles. The van der Waals surface area contributed by atoms with Crippen LogP contribution in [0.2, 0.25) is 0 Å². The van der Waals surface area contributed by atoms with Crippen molar-refractivity contribution in [2.45, 2.75) is 31.2 Å². The molecule has 0 radical (unpaired) electrons. The summed E-state index contributed by atoms with van der Waals surface area (Å²) in [6.07, 6.45) is 2.74. The number of ether oxygens (including phenoxy) is 1. The lowest BCUT2D eigenvalue weighted by molar-refractivity contribution is -0.0454. The van der Waals surface area contributed by atoms with Crippen LogP contribution in [0, 0.1) is 5.92 Å². The van der Waals surface area contributed by atoms with Gasteiger partial charge >= 0.3 is 6.03 Å². The molecule has 2 heterocycles. The molecule has 2 amide bonds. The number of carbonyl (C=O) groups excluding carboxylic acids is 1. The fourth-order valence-corrected chi connectivity index (χ4v) is 2.85. The number of halogens is 2. The summed E-state index contributed by atoms with van der Waals surface area (Å²) in [6, 6.07) is -0.588. The highest BCUT2D eigenvalue weighted by atomic mass is 19.3. The fraction of sp³-hybridized carbons (Fsp3) is 0.929. The Morgan fingerprint density at radius 1 is 1.32 bits per heavy atom. The van der Waals surface area contributed by atoms with E-state index >= 15 is 0 Å². The standard InChI is InChI=1S/C14H25F2N3O3/c15-14(16,10-20)9-17-13(21)18-12-1-4-19(5-2-12)7-11-3-6-22-8-11/h11-12,20H,1-10H2,(H2,17,18,21). The number of hydrogen-bond acceptors (Lipinski definition) is 4. The van der Waals surface area contributed by atoms with Gasteiger partial charge in [0.15, 0.2) is 0 Å². The molecule has 1 unspecified atom stereocenters. The molecule has 0 bridgehead atoms. The van der Waals surface area contributed by atoms with Crippen LogP contribution in [-0.2, 0) is 4.74 Å². The number of nitrogens with one attached hydrogen (secondary N) is 2. The summed E-state index contributed by atoms with van der Waals surface area (Å²) in [6.45, 7) is 2.39. The lowest BCUT2D eigenvalue weighted by Crippen LogP contribution is -2.50. The third-order valence-corrected chi connectivity index (χ3v) is 4.20. The third-order valence-electron chi connectivity index (χ3n) is 4.20. The van der Waals surface area contributed by atoms with Gasteiger partial charge in [0.25, 0.3) is 5.92 Å². The first kappa shape index (κ1) is 17.4. The van der Waals surface area contributed by atoms with E-state index in [1.54, 1.807) is 0 Å². The molecule has 1 atom stereocenters. The summed E-state index contributed by atoms with van der Waals surface area (Å²) in [5.74, 6) is -2.67. The smallest absolute Gasteiger partial charge is 0.315 e. The number of carbonyl (C=O) groups is 1. The van der Waals surface area contributed by atoms with E-state index in [9.17, 15) is 13.6 Å². The van der Waals surface area contributed by atoms with E-state index in [4.69, 9.17) is 9.84 Å².